The molecule has 0 unspecified atom stereocenters. The molecule has 29 heavy (non-hydrogen) atoms. The Balaban J connectivity index is 1.37. The number of sulfonamides is 1. The molecule has 152 valence electrons. The standard InChI is InChI=1S/C19H19FN4O3S2/c20-16-12-15(3-4-17(16)23-10-7-21-13-23)22-19(25)14-5-8-24(9-6-14)29(26,27)18-2-1-11-28-18/h1-4,7,10-14H,5-6,8-9H2,(H,22,25). The minimum Gasteiger partial charge on any atom is -0.326 e. The first-order chi connectivity index (χ1) is 13.9. The van der Waals surface area contributed by atoms with E-state index in [4.69, 9.17) is 0 Å². The summed E-state index contributed by atoms with van der Waals surface area (Å²) in [6.45, 7) is 0.568. The molecule has 1 aliphatic heterocycles. The van der Waals surface area contributed by atoms with Gasteiger partial charge < -0.3 is 9.88 Å². The fourth-order valence-corrected chi connectivity index (χ4v) is 5.95. The van der Waals surface area contributed by atoms with Crippen molar-refractivity contribution in [1.82, 2.24) is 13.9 Å². The third-order valence-corrected chi connectivity index (χ3v) is 8.18. The van der Waals surface area contributed by atoms with E-state index in [0.29, 0.717) is 28.4 Å². The average molecular weight is 435 g/mol. The van der Waals surface area contributed by atoms with E-state index >= 15 is 0 Å². The summed E-state index contributed by atoms with van der Waals surface area (Å²) < 4.78 is 42.8. The molecule has 1 amide bonds. The molecule has 0 atom stereocenters. The molecule has 7 nitrogen and oxygen atoms in total. The second-order valence-electron chi connectivity index (χ2n) is 6.74. The van der Waals surface area contributed by atoms with Crippen LogP contribution < -0.4 is 5.32 Å². The number of hydrogen-bond acceptors (Lipinski definition) is 5. The second kappa shape index (κ2) is 8.05. The zero-order valence-corrected chi connectivity index (χ0v) is 17.0. The van der Waals surface area contributed by atoms with Crippen LogP contribution in [0.15, 0.2) is 58.6 Å². The van der Waals surface area contributed by atoms with Crippen LogP contribution in [0.25, 0.3) is 5.69 Å². The highest BCUT2D eigenvalue weighted by Crippen LogP contribution is 2.27. The summed E-state index contributed by atoms with van der Waals surface area (Å²) >= 11 is 1.18. The van der Waals surface area contributed by atoms with E-state index < -0.39 is 15.8 Å². The minimum absolute atomic E-state index is 0.229. The maximum absolute atomic E-state index is 14.4. The lowest BCUT2D eigenvalue weighted by Gasteiger charge is -2.30. The maximum Gasteiger partial charge on any atom is 0.252 e. The molecule has 1 saturated heterocycles. The van der Waals surface area contributed by atoms with Gasteiger partial charge in [-0.25, -0.2) is 17.8 Å². The first-order valence-electron chi connectivity index (χ1n) is 9.07. The molecule has 3 aromatic rings. The van der Waals surface area contributed by atoms with Gasteiger partial charge in [-0.1, -0.05) is 6.07 Å². The molecule has 4 rings (SSSR count). The summed E-state index contributed by atoms with van der Waals surface area (Å²) in [4.78, 5) is 16.5. The van der Waals surface area contributed by atoms with E-state index in [2.05, 4.69) is 10.3 Å². The van der Waals surface area contributed by atoms with Gasteiger partial charge in [-0.15, -0.1) is 11.3 Å². The van der Waals surface area contributed by atoms with Gasteiger partial charge in [0.1, 0.15) is 10.0 Å². The SMILES string of the molecule is O=C(Nc1ccc(-n2ccnc2)c(F)c1)C1CCN(S(=O)(=O)c2cccs2)CC1. The van der Waals surface area contributed by atoms with Crippen molar-refractivity contribution >= 4 is 33.0 Å². The van der Waals surface area contributed by atoms with Crippen molar-refractivity contribution in [3.05, 3.63) is 60.3 Å². The quantitative estimate of drug-likeness (QED) is 0.669. The summed E-state index contributed by atoms with van der Waals surface area (Å²) in [5, 5.41) is 4.46. The van der Waals surface area contributed by atoms with Crippen LogP contribution in [-0.4, -0.2) is 41.3 Å². The van der Waals surface area contributed by atoms with Gasteiger partial charge in [0.25, 0.3) is 10.0 Å². The molecule has 1 N–H and O–H groups in total. The van der Waals surface area contributed by atoms with E-state index in [-0.39, 0.29) is 24.9 Å². The Hall–Kier alpha value is -2.56. The Bertz CT molecular complexity index is 1090. The highest BCUT2D eigenvalue weighted by Gasteiger charge is 2.32. The molecule has 3 heterocycles. The number of nitrogens with one attached hydrogen (secondary N) is 1. The summed E-state index contributed by atoms with van der Waals surface area (Å²) in [7, 11) is -3.50. The molecular formula is C19H19FN4O3S2. The van der Waals surface area contributed by atoms with Gasteiger partial charge in [-0.05, 0) is 42.5 Å². The fraction of sp³-hybridized carbons (Fsp3) is 0.263. The van der Waals surface area contributed by atoms with Gasteiger partial charge >= 0.3 is 0 Å². The van der Waals surface area contributed by atoms with Crippen molar-refractivity contribution in [2.75, 3.05) is 18.4 Å². The Labute approximate surface area is 171 Å². The van der Waals surface area contributed by atoms with E-state index in [1.807, 2.05) is 0 Å². The normalized spacial score (nSPS) is 16.0. The number of aromatic nitrogens is 2. The number of carbonyl (C=O) groups is 1. The number of imidazole rings is 1. The van der Waals surface area contributed by atoms with Crippen molar-refractivity contribution in [2.24, 2.45) is 5.92 Å². The highest BCUT2D eigenvalue weighted by molar-refractivity contribution is 7.91. The second-order valence-corrected chi connectivity index (χ2v) is 9.85. The zero-order valence-electron chi connectivity index (χ0n) is 15.4. The van der Waals surface area contributed by atoms with Gasteiger partial charge in [0.2, 0.25) is 5.91 Å². The van der Waals surface area contributed by atoms with Crippen LogP contribution in [0.3, 0.4) is 0 Å². The first-order valence-corrected chi connectivity index (χ1v) is 11.4. The van der Waals surface area contributed by atoms with Crippen molar-refractivity contribution in [3.8, 4) is 5.69 Å². The van der Waals surface area contributed by atoms with Crippen LogP contribution >= 0.6 is 11.3 Å². The number of rotatable bonds is 5. The molecule has 1 fully saturated rings. The maximum atomic E-state index is 14.4. The predicted molar refractivity (Wildman–Crippen MR) is 108 cm³/mol. The molecule has 0 saturated carbocycles. The highest BCUT2D eigenvalue weighted by atomic mass is 32.2. The topological polar surface area (TPSA) is 84.3 Å². The third-order valence-electron chi connectivity index (χ3n) is 4.91. The number of thiophene rings is 1. The number of carbonyl (C=O) groups excluding carboxylic acids is 1. The van der Waals surface area contributed by atoms with E-state index in [9.17, 15) is 17.6 Å². The minimum atomic E-state index is -3.50. The van der Waals surface area contributed by atoms with Gasteiger partial charge in [-0.3, -0.25) is 4.79 Å². The lowest BCUT2D eigenvalue weighted by Crippen LogP contribution is -2.41. The largest absolute Gasteiger partial charge is 0.326 e. The predicted octanol–water partition coefficient (Wildman–Crippen LogP) is 3.11. The van der Waals surface area contributed by atoms with Crippen LogP contribution in [0, 0.1) is 11.7 Å². The van der Waals surface area contributed by atoms with Crippen LogP contribution in [0.4, 0.5) is 10.1 Å². The Morgan fingerprint density at radius 3 is 2.66 bits per heavy atom. The van der Waals surface area contributed by atoms with Crippen LogP contribution in [0.5, 0.6) is 0 Å². The van der Waals surface area contributed by atoms with Gasteiger partial charge in [0.15, 0.2) is 0 Å². The zero-order chi connectivity index (χ0) is 20.4. The summed E-state index contributed by atoms with van der Waals surface area (Å²) in [5.41, 5.74) is 0.706. The van der Waals surface area contributed by atoms with Crippen molar-refractivity contribution in [2.45, 2.75) is 17.1 Å². The van der Waals surface area contributed by atoms with Gasteiger partial charge in [0, 0.05) is 37.1 Å². The van der Waals surface area contributed by atoms with Gasteiger partial charge in [0.05, 0.1) is 12.0 Å². The molecule has 0 aliphatic carbocycles. The molecule has 10 heteroatoms. The number of hydrogen-bond donors (Lipinski definition) is 1. The molecule has 0 spiro atoms. The van der Waals surface area contributed by atoms with Crippen LogP contribution in [-0.2, 0) is 14.8 Å². The number of nitrogens with zero attached hydrogens (tertiary/aromatic N) is 3. The fourth-order valence-electron chi connectivity index (χ4n) is 3.34. The molecule has 0 radical (unpaired) electrons. The molecular weight excluding hydrogens is 415 g/mol. The molecule has 2 aromatic heterocycles. The lowest BCUT2D eigenvalue weighted by molar-refractivity contribution is -0.120. The number of piperidine rings is 1. The number of halogens is 1. The average Bonchev–Trinajstić information content (AvgIpc) is 3.42. The van der Waals surface area contributed by atoms with Crippen molar-refractivity contribution in [1.29, 1.82) is 0 Å². The Kier molecular flexibility index (Phi) is 5.48. The smallest absolute Gasteiger partial charge is 0.252 e. The van der Waals surface area contributed by atoms with Crippen LogP contribution in [0.1, 0.15) is 12.8 Å². The molecule has 0 bridgehead atoms. The van der Waals surface area contributed by atoms with Crippen LogP contribution in [0.2, 0.25) is 0 Å². The number of anilines is 1. The van der Waals surface area contributed by atoms with E-state index in [1.165, 1.54) is 28.0 Å². The molecule has 1 aliphatic rings. The first kappa shape index (κ1) is 19.7. The van der Waals surface area contributed by atoms with Crippen molar-refractivity contribution < 1.29 is 17.6 Å². The Morgan fingerprint density at radius 1 is 1.24 bits per heavy atom. The summed E-state index contributed by atoms with van der Waals surface area (Å²) in [6, 6.07) is 7.76. The van der Waals surface area contributed by atoms with E-state index in [1.54, 1.807) is 46.6 Å². The monoisotopic (exact) mass is 434 g/mol. The lowest BCUT2D eigenvalue weighted by atomic mass is 9.97. The number of amides is 1. The van der Waals surface area contributed by atoms with Gasteiger partial charge in [-0.2, -0.15) is 4.31 Å². The third kappa shape index (κ3) is 4.09. The summed E-state index contributed by atoms with van der Waals surface area (Å²) in [5.74, 6) is -1.02. The molecule has 1 aromatic carbocycles. The Morgan fingerprint density at radius 2 is 2.03 bits per heavy atom. The van der Waals surface area contributed by atoms with Crippen molar-refractivity contribution in [3.63, 3.8) is 0 Å². The van der Waals surface area contributed by atoms with E-state index in [0.717, 1.165) is 0 Å². The summed E-state index contributed by atoms with van der Waals surface area (Å²) in [6.07, 6.45) is 5.53. The number of benzene rings is 1.